The van der Waals surface area contributed by atoms with Gasteiger partial charge in [0, 0.05) is 36.1 Å². The molecule has 20 heavy (non-hydrogen) atoms. The van der Waals surface area contributed by atoms with Crippen LogP contribution in [0.3, 0.4) is 0 Å². The molecule has 5 nitrogen and oxygen atoms in total. The maximum Gasteiger partial charge on any atom is 0.269 e. The van der Waals surface area contributed by atoms with Crippen molar-refractivity contribution in [2.75, 3.05) is 16.8 Å². The van der Waals surface area contributed by atoms with Gasteiger partial charge in [0.15, 0.2) is 0 Å². The number of anilines is 1. The number of nitro groups is 1. The first-order valence-corrected chi connectivity index (χ1v) is 7.80. The van der Waals surface area contributed by atoms with Gasteiger partial charge in [-0.25, -0.2) is 0 Å². The molecule has 0 radical (unpaired) electrons. The third kappa shape index (κ3) is 2.32. The highest BCUT2D eigenvalue weighted by atomic mass is 79.9. The van der Waals surface area contributed by atoms with E-state index in [0.29, 0.717) is 19.4 Å². The van der Waals surface area contributed by atoms with Crippen molar-refractivity contribution < 1.29 is 9.72 Å². The van der Waals surface area contributed by atoms with E-state index in [1.807, 2.05) is 4.90 Å². The highest BCUT2D eigenvalue weighted by Gasteiger charge is 2.44. The van der Waals surface area contributed by atoms with Gasteiger partial charge in [0.1, 0.15) is 0 Å². The zero-order valence-corrected chi connectivity index (χ0v) is 12.6. The van der Waals surface area contributed by atoms with Gasteiger partial charge >= 0.3 is 0 Å². The van der Waals surface area contributed by atoms with Crippen LogP contribution in [0, 0.1) is 15.5 Å². The first-order valence-electron chi connectivity index (χ1n) is 6.68. The van der Waals surface area contributed by atoms with E-state index in [2.05, 4.69) is 15.9 Å². The molecule has 0 spiro atoms. The number of non-ortho nitro benzene ring substituents is 1. The molecular formula is C14H15BrN2O3. The molecule has 1 aliphatic heterocycles. The SMILES string of the molecule is O=C1CCc2cc([N+](=O)[O-])ccc2N1CC1(CBr)CC1. The summed E-state index contributed by atoms with van der Waals surface area (Å²) in [5.74, 6) is 0.124. The van der Waals surface area contributed by atoms with Gasteiger partial charge in [-0.2, -0.15) is 0 Å². The number of carbonyl (C=O) groups is 1. The fourth-order valence-electron chi connectivity index (χ4n) is 2.68. The first-order chi connectivity index (χ1) is 9.54. The summed E-state index contributed by atoms with van der Waals surface area (Å²) in [6.45, 7) is 0.710. The second-order valence-corrected chi connectivity index (χ2v) is 6.24. The summed E-state index contributed by atoms with van der Waals surface area (Å²) >= 11 is 3.52. The number of aryl methyl sites for hydroxylation is 1. The molecule has 1 aromatic rings. The summed E-state index contributed by atoms with van der Waals surface area (Å²) in [5, 5.41) is 11.7. The Balaban J connectivity index is 1.93. The largest absolute Gasteiger partial charge is 0.312 e. The van der Waals surface area contributed by atoms with Crippen molar-refractivity contribution in [2.24, 2.45) is 5.41 Å². The molecule has 1 amide bonds. The van der Waals surface area contributed by atoms with Crippen LogP contribution in [0.2, 0.25) is 0 Å². The van der Waals surface area contributed by atoms with E-state index in [1.165, 1.54) is 6.07 Å². The molecule has 1 fully saturated rings. The molecule has 106 valence electrons. The third-order valence-corrected chi connectivity index (χ3v) is 5.40. The van der Waals surface area contributed by atoms with Crippen LogP contribution in [-0.2, 0) is 11.2 Å². The molecule has 0 bridgehead atoms. The maximum absolute atomic E-state index is 12.2. The van der Waals surface area contributed by atoms with Crippen LogP contribution >= 0.6 is 15.9 Å². The quantitative estimate of drug-likeness (QED) is 0.481. The fourth-order valence-corrected chi connectivity index (χ4v) is 3.42. The summed E-state index contributed by atoms with van der Waals surface area (Å²) in [5.41, 5.74) is 2.05. The standard InChI is InChI=1S/C14H15BrN2O3/c15-8-14(5-6-14)9-16-12-3-2-11(17(19)20)7-10(12)1-4-13(16)18/h2-3,7H,1,4-6,8-9H2. The summed E-state index contributed by atoms with van der Waals surface area (Å²) in [4.78, 5) is 24.4. The number of alkyl halides is 1. The number of hydrogen-bond donors (Lipinski definition) is 0. The number of fused-ring (bicyclic) bond motifs is 1. The highest BCUT2D eigenvalue weighted by Crippen LogP contribution is 2.49. The molecule has 1 heterocycles. The minimum absolute atomic E-state index is 0.0969. The minimum Gasteiger partial charge on any atom is -0.312 e. The number of halogens is 1. The summed E-state index contributed by atoms with van der Waals surface area (Å²) < 4.78 is 0. The van der Waals surface area contributed by atoms with Gasteiger partial charge in [-0.1, -0.05) is 15.9 Å². The van der Waals surface area contributed by atoms with Crippen molar-refractivity contribution in [3.05, 3.63) is 33.9 Å². The van der Waals surface area contributed by atoms with E-state index in [1.54, 1.807) is 12.1 Å². The van der Waals surface area contributed by atoms with Crippen molar-refractivity contribution in [2.45, 2.75) is 25.7 Å². The normalized spacial score (nSPS) is 19.6. The second-order valence-electron chi connectivity index (χ2n) is 5.68. The van der Waals surface area contributed by atoms with Crippen molar-refractivity contribution in [3.8, 4) is 0 Å². The summed E-state index contributed by atoms with van der Waals surface area (Å²) in [7, 11) is 0. The van der Waals surface area contributed by atoms with E-state index < -0.39 is 0 Å². The van der Waals surface area contributed by atoms with E-state index in [4.69, 9.17) is 0 Å². The molecule has 3 rings (SSSR count). The molecule has 1 aliphatic carbocycles. The van der Waals surface area contributed by atoms with Gasteiger partial charge in [0.2, 0.25) is 5.91 Å². The number of benzene rings is 1. The number of rotatable bonds is 4. The molecule has 2 aliphatic rings. The first kappa shape index (κ1) is 13.5. The molecule has 0 unspecified atom stereocenters. The monoisotopic (exact) mass is 338 g/mol. The van der Waals surface area contributed by atoms with Crippen molar-refractivity contribution in [1.82, 2.24) is 0 Å². The van der Waals surface area contributed by atoms with Crippen LogP contribution < -0.4 is 4.90 Å². The summed E-state index contributed by atoms with van der Waals surface area (Å²) in [6, 6.07) is 4.80. The molecule has 1 saturated carbocycles. The lowest BCUT2D eigenvalue weighted by atomic mass is 9.98. The van der Waals surface area contributed by atoms with Crippen molar-refractivity contribution in [1.29, 1.82) is 0 Å². The molecule has 1 aromatic carbocycles. The van der Waals surface area contributed by atoms with Gasteiger partial charge in [0.25, 0.3) is 5.69 Å². The minimum atomic E-state index is -0.387. The van der Waals surface area contributed by atoms with Gasteiger partial charge in [-0.15, -0.1) is 0 Å². The van der Waals surface area contributed by atoms with E-state index in [0.717, 1.165) is 29.4 Å². The van der Waals surface area contributed by atoms with Crippen molar-refractivity contribution >= 4 is 33.2 Å². The van der Waals surface area contributed by atoms with E-state index in [-0.39, 0.29) is 21.9 Å². The van der Waals surface area contributed by atoms with E-state index in [9.17, 15) is 14.9 Å². The average molecular weight is 339 g/mol. The predicted octanol–water partition coefficient (Wildman–Crippen LogP) is 3.05. The molecule has 0 N–H and O–H groups in total. The Bertz CT molecular complexity index is 584. The Morgan fingerprint density at radius 3 is 2.70 bits per heavy atom. The Morgan fingerprint density at radius 1 is 1.35 bits per heavy atom. The fraction of sp³-hybridized carbons (Fsp3) is 0.500. The molecule has 6 heteroatoms. The number of nitro benzene ring substituents is 1. The van der Waals surface area contributed by atoms with Gasteiger partial charge in [-0.3, -0.25) is 14.9 Å². The lowest BCUT2D eigenvalue weighted by molar-refractivity contribution is -0.384. The number of hydrogen-bond acceptors (Lipinski definition) is 3. The highest BCUT2D eigenvalue weighted by molar-refractivity contribution is 9.09. The number of nitrogens with zero attached hydrogens (tertiary/aromatic N) is 2. The van der Waals surface area contributed by atoms with Crippen LogP contribution in [0.1, 0.15) is 24.8 Å². The average Bonchev–Trinajstić information content (AvgIpc) is 3.22. The molecule has 0 aromatic heterocycles. The van der Waals surface area contributed by atoms with Crippen LogP contribution in [0.15, 0.2) is 18.2 Å². The van der Waals surface area contributed by atoms with Gasteiger partial charge in [0.05, 0.1) is 4.92 Å². The van der Waals surface area contributed by atoms with Gasteiger partial charge < -0.3 is 4.90 Å². The molecule has 0 atom stereocenters. The van der Waals surface area contributed by atoms with E-state index >= 15 is 0 Å². The zero-order chi connectivity index (χ0) is 14.3. The lowest BCUT2D eigenvalue weighted by Crippen LogP contribution is -2.39. The Labute approximate surface area is 125 Å². The Morgan fingerprint density at radius 2 is 2.10 bits per heavy atom. The zero-order valence-electron chi connectivity index (χ0n) is 11.0. The smallest absolute Gasteiger partial charge is 0.269 e. The van der Waals surface area contributed by atoms with Gasteiger partial charge in [-0.05, 0) is 36.3 Å². The third-order valence-electron chi connectivity index (χ3n) is 4.21. The lowest BCUT2D eigenvalue weighted by Gasteiger charge is -2.32. The topological polar surface area (TPSA) is 63.4 Å². The molecular weight excluding hydrogens is 324 g/mol. The van der Waals surface area contributed by atoms with Crippen LogP contribution in [0.5, 0.6) is 0 Å². The van der Waals surface area contributed by atoms with Crippen LogP contribution in [-0.4, -0.2) is 22.7 Å². The second kappa shape index (κ2) is 4.84. The Hall–Kier alpha value is -1.43. The maximum atomic E-state index is 12.2. The van der Waals surface area contributed by atoms with Crippen molar-refractivity contribution in [3.63, 3.8) is 0 Å². The Kier molecular flexibility index (Phi) is 3.28. The predicted molar refractivity (Wildman–Crippen MR) is 79.2 cm³/mol. The molecule has 0 saturated heterocycles. The summed E-state index contributed by atoms with van der Waals surface area (Å²) in [6.07, 6.45) is 3.29. The van der Waals surface area contributed by atoms with Crippen LogP contribution in [0.25, 0.3) is 0 Å². The number of amides is 1. The van der Waals surface area contributed by atoms with Crippen LogP contribution in [0.4, 0.5) is 11.4 Å². The number of carbonyl (C=O) groups excluding carboxylic acids is 1.